The van der Waals surface area contributed by atoms with Crippen molar-refractivity contribution in [2.45, 2.75) is 18.9 Å². The van der Waals surface area contributed by atoms with Crippen LogP contribution < -0.4 is 10.7 Å². The molecule has 0 radical (unpaired) electrons. The van der Waals surface area contributed by atoms with Gasteiger partial charge in [-0.3, -0.25) is 14.4 Å². The molecule has 0 saturated carbocycles. The van der Waals surface area contributed by atoms with Crippen LogP contribution in [0, 0.1) is 0 Å². The number of carbonyl (C=O) groups excluding carboxylic acids is 2. The number of rotatable bonds is 3. The van der Waals surface area contributed by atoms with Gasteiger partial charge in [0.05, 0.1) is 5.39 Å². The summed E-state index contributed by atoms with van der Waals surface area (Å²) in [6, 6.07) is 17.2. The molecular formula is C22H20N2O4. The van der Waals surface area contributed by atoms with Crippen LogP contribution in [0.5, 0.6) is 0 Å². The normalized spacial score (nSPS) is 14.8. The third-order valence-corrected chi connectivity index (χ3v) is 5.00. The molecule has 1 aliphatic heterocycles. The summed E-state index contributed by atoms with van der Waals surface area (Å²) in [6.45, 7) is 0.990. The molecule has 4 rings (SSSR count). The number of amides is 2. The van der Waals surface area contributed by atoms with Crippen molar-refractivity contribution in [1.29, 1.82) is 0 Å². The molecule has 0 bridgehead atoms. The molecule has 1 aromatic heterocycles. The summed E-state index contributed by atoms with van der Waals surface area (Å²) in [7, 11) is 0. The van der Waals surface area contributed by atoms with Crippen LogP contribution in [-0.2, 0) is 0 Å². The first-order valence-corrected chi connectivity index (χ1v) is 9.30. The molecule has 2 heterocycles. The van der Waals surface area contributed by atoms with Crippen LogP contribution in [-0.4, -0.2) is 35.8 Å². The first kappa shape index (κ1) is 18.0. The predicted molar refractivity (Wildman–Crippen MR) is 105 cm³/mol. The number of para-hydroxylation sites is 1. The second-order valence-electron chi connectivity index (χ2n) is 6.88. The lowest BCUT2D eigenvalue weighted by Gasteiger charge is -2.32. The molecular weight excluding hydrogens is 356 g/mol. The maximum absolute atomic E-state index is 12.8. The van der Waals surface area contributed by atoms with Crippen molar-refractivity contribution >= 4 is 22.8 Å². The van der Waals surface area contributed by atoms with Crippen molar-refractivity contribution in [2.75, 3.05) is 13.1 Å². The van der Waals surface area contributed by atoms with E-state index >= 15 is 0 Å². The topological polar surface area (TPSA) is 79.6 Å². The van der Waals surface area contributed by atoms with Crippen molar-refractivity contribution < 1.29 is 14.0 Å². The number of hydrogen-bond donors (Lipinski definition) is 1. The SMILES string of the molecule is O=C(NC1CCN(C(=O)c2cc(=O)c3ccccc3o2)CC1)c1ccccc1. The van der Waals surface area contributed by atoms with Gasteiger partial charge in [-0.25, -0.2) is 0 Å². The van der Waals surface area contributed by atoms with Gasteiger partial charge >= 0.3 is 0 Å². The number of benzene rings is 2. The second-order valence-corrected chi connectivity index (χ2v) is 6.88. The van der Waals surface area contributed by atoms with Crippen LogP contribution >= 0.6 is 0 Å². The molecule has 1 fully saturated rings. The largest absolute Gasteiger partial charge is 0.451 e. The van der Waals surface area contributed by atoms with E-state index in [-0.39, 0.29) is 29.0 Å². The Labute approximate surface area is 161 Å². The first-order valence-electron chi connectivity index (χ1n) is 9.30. The minimum absolute atomic E-state index is 0.0142. The van der Waals surface area contributed by atoms with E-state index < -0.39 is 0 Å². The number of fused-ring (bicyclic) bond motifs is 1. The quantitative estimate of drug-likeness (QED) is 0.762. The summed E-state index contributed by atoms with van der Waals surface area (Å²) in [6.07, 6.45) is 1.31. The second kappa shape index (κ2) is 7.68. The number of carbonyl (C=O) groups is 2. The summed E-state index contributed by atoms with van der Waals surface area (Å²) in [5, 5.41) is 3.48. The van der Waals surface area contributed by atoms with E-state index in [0.29, 0.717) is 42.5 Å². The van der Waals surface area contributed by atoms with E-state index in [1.165, 1.54) is 6.07 Å². The third kappa shape index (κ3) is 3.67. The Morgan fingerprint density at radius 3 is 2.39 bits per heavy atom. The lowest BCUT2D eigenvalue weighted by atomic mass is 10.0. The fraction of sp³-hybridized carbons (Fsp3) is 0.227. The highest BCUT2D eigenvalue weighted by Crippen LogP contribution is 2.17. The molecule has 142 valence electrons. The number of nitrogens with zero attached hydrogens (tertiary/aromatic N) is 1. The lowest BCUT2D eigenvalue weighted by Crippen LogP contribution is -2.46. The molecule has 1 N–H and O–H groups in total. The van der Waals surface area contributed by atoms with E-state index in [4.69, 9.17) is 4.42 Å². The summed E-state index contributed by atoms with van der Waals surface area (Å²) in [5.41, 5.74) is 0.803. The lowest BCUT2D eigenvalue weighted by molar-refractivity contribution is 0.0668. The minimum Gasteiger partial charge on any atom is -0.451 e. The number of hydrogen-bond acceptors (Lipinski definition) is 4. The van der Waals surface area contributed by atoms with Gasteiger partial charge in [-0.1, -0.05) is 30.3 Å². The van der Waals surface area contributed by atoms with E-state index in [0.717, 1.165) is 0 Å². The summed E-state index contributed by atoms with van der Waals surface area (Å²) in [5.74, 6) is -0.350. The van der Waals surface area contributed by atoms with Gasteiger partial charge in [-0.15, -0.1) is 0 Å². The van der Waals surface area contributed by atoms with Gasteiger partial charge in [0, 0.05) is 30.8 Å². The average Bonchev–Trinajstić information content (AvgIpc) is 2.74. The van der Waals surface area contributed by atoms with Crippen molar-refractivity contribution in [3.63, 3.8) is 0 Å². The molecule has 28 heavy (non-hydrogen) atoms. The molecule has 2 amide bonds. The van der Waals surface area contributed by atoms with Crippen LogP contribution in [0.1, 0.15) is 33.8 Å². The first-order chi connectivity index (χ1) is 13.6. The van der Waals surface area contributed by atoms with Crippen molar-refractivity contribution in [1.82, 2.24) is 10.2 Å². The molecule has 0 unspecified atom stereocenters. The predicted octanol–water partition coefficient (Wildman–Crippen LogP) is 2.83. The van der Waals surface area contributed by atoms with Gasteiger partial charge < -0.3 is 14.6 Å². The smallest absolute Gasteiger partial charge is 0.289 e. The van der Waals surface area contributed by atoms with E-state index in [9.17, 15) is 14.4 Å². The van der Waals surface area contributed by atoms with Gasteiger partial charge in [-0.05, 0) is 37.1 Å². The molecule has 3 aromatic rings. The van der Waals surface area contributed by atoms with Crippen LogP contribution in [0.4, 0.5) is 0 Å². The Morgan fingerprint density at radius 2 is 1.64 bits per heavy atom. The Balaban J connectivity index is 1.40. The Hall–Kier alpha value is -3.41. The highest BCUT2D eigenvalue weighted by Gasteiger charge is 2.26. The molecule has 6 nitrogen and oxygen atoms in total. The highest BCUT2D eigenvalue weighted by atomic mass is 16.3. The number of piperidine rings is 1. The van der Waals surface area contributed by atoms with Gasteiger partial charge in [0.25, 0.3) is 11.8 Å². The number of likely N-dealkylation sites (tertiary alicyclic amines) is 1. The molecule has 6 heteroatoms. The third-order valence-electron chi connectivity index (χ3n) is 5.00. The maximum Gasteiger partial charge on any atom is 0.289 e. The van der Waals surface area contributed by atoms with Crippen molar-refractivity contribution in [3.05, 3.63) is 82.2 Å². The van der Waals surface area contributed by atoms with Crippen molar-refractivity contribution in [2.24, 2.45) is 0 Å². The highest BCUT2D eigenvalue weighted by molar-refractivity contribution is 5.94. The maximum atomic E-state index is 12.8. The minimum atomic E-state index is -0.296. The van der Waals surface area contributed by atoms with Gasteiger partial charge in [0.2, 0.25) is 0 Å². The zero-order valence-electron chi connectivity index (χ0n) is 15.3. The van der Waals surface area contributed by atoms with Gasteiger partial charge in [0.15, 0.2) is 11.2 Å². The van der Waals surface area contributed by atoms with Crippen LogP contribution in [0.3, 0.4) is 0 Å². The van der Waals surface area contributed by atoms with Crippen LogP contribution in [0.2, 0.25) is 0 Å². The average molecular weight is 376 g/mol. The molecule has 2 aromatic carbocycles. The van der Waals surface area contributed by atoms with Gasteiger partial charge in [-0.2, -0.15) is 0 Å². The standard InChI is InChI=1S/C22H20N2O4/c25-18-14-20(28-19-9-5-4-8-17(18)19)22(27)24-12-10-16(11-13-24)23-21(26)15-6-2-1-3-7-15/h1-9,14,16H,10-13H2,(H,23,26). The Morgan fingerprint density at radius 1 is 0.964 bits per heavy atom. The van der Waals surface area contributed by atoms with Crippen LogP contribution in [0.15, 0.2) is 69.9 Å². The molecule has 1 aliphatic rings. The number of nitrogens with one attached hydrogen (secondary N) is 1. The van der Waals surface area contributed by atoms with Gasteiger partial charge in [0.1, 0.15) is 5.58 Å². The molecule has 1 saturated heterocycles. The summed E-state index contributed by atoms with van der Waals surface area (Å²) < 4.78 is 5.65. The Kier molecular flexibility index (Phi) is 4.93. The van der Waals surface area contributed by atoms with E-state index in [2.05, 4.69) is 5.32 Å². The Bertz CT molecular complexity index is 1070. The summed E-state index contributed by atoms with van der Waals surface area (Å²) in [4.78, 5) is 38.9. The van der Waals surface area contributed by atoms with Crippen LogP contribution in [0.25, 0.3) is 11.0 Å². The monoisotopic (exact) mass is 376 g/mol. The molecule has 0 spiro atoms. The zero-order chi connectivity index (χ0) is 19.5. The zero-order valence-corrected chi connectivity index (χ0v) is 15.3. The summed E-state index contributed by atoms with van der Waals surface area (Å²) >= 11 is 0. The molecule has 0 atom stereocenters. The van der Waals surface area contributed by atoms with Crippen molar-refractivity contribution in [3.8, 4) is 0 Å². The fourth-order valence-electron chi connectivity index (χ4n) is 3.45. The fourth-order valence-corrected chi connectivity index (χ4v) is 3.45. The molecule has 0 aliphatic carbocycles. The van der Waals surface area contributed by atoms with E-state index in [1.807, 2.05) is 18.2 Å². The van der Waals surface area contributed by atoms with E-state index in [1.54, 1.807) is 41.3 Å².